The van der Waals surface area contributed by atoms with Crippen molar-refractivity contribution < 1.29 is 9.53 Å². The highest BCUT2D eigenvalue weighted by molar-refractivity contribution is 6.07. The lowest BCUT2D eigenvalue weighted by Crippen LogP contribution is -1.99. The van der Waals surface area contributed by atoms with E-state index in [1.807, 2.05) is 24.3 Å². The largest absolute Gasteiger partial charge is 0.457 e. The van der Waals surface area contributed by atoms with E-state index in [0.29, 0.717) is 23.4 Å². The van der Waals surface area contributed by atoms with Crippen molar-refractivity contribution in [1.29, 1.82) is 0 Å². The standard InChI is InChI=1S/C17H17NO2/c1-12(2)17(19)14-5-9-16(10-6-14)20-15-7-3-13(11-18)4-8-15/h3-10H,1,11,18H2,2H3. The van der Waals surface area contributed by atoms with Gasteiger partial charge in [-0.25, -0.2) is 0 Å². The molecule has 0 saturated heterocycles. The van der Waals surface area contributed by atoms with Crippen LogP contribution in [-0.2, 0) is 6.54 Å². The highest BCUT2D eigenvalue weighted by Crippen LogP contribution is 2.22. The SMILES string of the molecule is C=C(C)C(=O)c1ccc(Oc2ccc(CN)cc2)cc1. The molecule has 0 radical (unpaired) electrons. The minimum absolute atomic E-state index is 0.0520. The Labute approximate surface area is 118 Å². The van der Waals surface area contributed by atoms with Gasteiger partial charge in [-0.05, 0) is 54.5 Å². The number of allylic oxidation sites excluding steroid dienone is 1. The zero-order valence-corrected chi connectivity index (χ0v) is 11.4. The number of hydrogen-bond donors (Lipinski definition) is 1. The number of hydrogen-bond acceptors (Lipinski definition) is 3. The molecule has 0 saturated carbocycles. The molecule has 3 heteroatoms. The van der Waals surface area contributed by atoms with Crippen LogP contribution in [0.25, 0.3) is 0 Å². The van der Waals surface area contributed by atoms with Gasteiger partial charge in [-0.2, -0.15) is 0 Å². The van der Waals surface area contributed by atoms with Crippen LogP contribution in [0.3, 0.4) is 0 Å². The molecule has 2 rings (SSSR count). The Morgan fingerprint density at radius 1 is 1.05 bits per heavy atom. The summed E-state index contributed by atoms with van der Waals surface area (Å²) < 4.78 is 5.70. The summed E-state index contributed by atoms with van der Waals surface area (Å²) in [6, 6.07) is 14.6. The molecule has 0 aliphatic rings. The van der Waals surface area contributed by atoms with E-state index >= 15 is 0 Å². The van der Waals surface area contributed by atoms with Crippen LogP contribution in [0.1, 0.15) is 22.8 Å². The smallest absolute Gasteiger partial charge is 0.188 e. The van der Waals surface area contributed by atoms with Crippen molar-refractivity contribution in [3.8, 4) is 11.5 Å². The predicted octanol–water partition coefficient (Wildman–Crippen LogP) is 3.70. The molecular formula is C17H17NO2. The molecule has 0 spiro atoms. The van der Waals surface area contributed by atoms with Gasteiger partial charge >= 0.3 is 0 Å². The first-order valence-corrected chi connectivity index (χ1v) is 6.37. The van der Waals surface area contributed by atoms with Gasteiger partial charge in [0, 0.05) is 12.1 Å². The van der Waals surface area contributed by atoms with Crippen molar-refractivity contribution in [2.24, 2.45) is 5.73 Å². The van der Waals surface area contributed by atoms with Gasteiger partial charge in [0.05, 0.1) is 0 Å². The molecule has 102 valence electrons. The first-order chi connectivity index (χ1) is 9.60. The summed E-state index contributed by atoms with van der Waals surface area (Å²) in [6.45, 7) is 5.86. The summed E-state index contributed by atoms with van der Waals surface area (Å²) in [5.41, 5.74) is 7.74. The molecular weight excluding hydrogens is 250 g/mol. The highest BCUT2D eigenvalue weighted by Gasteiger charge is 2.06. The van der Waals surface area contributed by atoms with E-state index < -0.39 is 0 Å². The summed E-state index contributed by atoms with van der Waals surface area (Å²) in [4.78, 5) is 11.7. The summed E-state index contributed by atoms with van der Waals surface area (Å²) in [7, 11) is 0. The molecule has 0 amide bonds. The van der Waals surface area contributed by atoms with Gasteiger partial charge in [-0.1, -0.05) is 18.7 Å². The second-order valence-electron chi connectivity index (χ2n) is 4.58. The van der Waals surface area contributed by atoms with Gasteiger partial charge in [-0.15, -0.1) is 0 Å². The van der Waals surface area contributed by atoms with Crippen LogP contribution >= 0.6 is 0 Å². The van der Waals surface area contributed by atoms with Crippen molar-refractivity contribution >= 4 is 5.78 Å². The lowest BCUT2D eigenvalue weighted by molar-refractivity contribution is 0.103. The second-order valence-corrected chi connectivity index (χ2v) is 4.58. The topological polar surface area (TPSA) is 52.3 Å². The van der Waals surface area contributed by atoms with Gasteiger partial charge in [0.15, 0.2) is 5.78 Å². The Morgan fingerprint density at radius 3 is 2.00 bits per heavy atom. The minimum Gasteiger partial charge on any atom is -0.457 e. The number of benzene rings is 2. The fraction of sp³-hybridized carbons (Fsp3) is 0.118. The Balaban J connectivity index is 2.10. The molecule has 0 bridgehead atoms. The van der Waals surface area contributed by atoms with Crippen LogP contribution in [0, 0.1) is 0 Å². The molecule has 2 aromatic carbocycles. The molecule has 0 aliphatic heterocycles. The summed E-state index contributed by atoms with van der Waals surface area (Å²) in [5, 5.41) is 0. The number of ether oxygens (including phenoxy) is 1. The lowest BCUT2D eigenvalue weighted by Gasteiger charge is -2.07. The molecule has 0 heterocycles. The van der Waals surface area contributed by atoms with E-state index in [1.165, 1.54) is 0 Å². The highest BCUT2D eigenvalue weighted by atomic mass is 16.5. The van der Waals surface area contributed by atoms with Gasteiger partial charge in [0.2, 0.25) is 0 Å². The van der Waals surface area contributed by atoms with E-state index in [-0.39, 0.29) is 5.78 Å². The van der Waals surface area contributed by atoms with Crippen LogP contribution in [0.15, 0.2) is 60.7 Å². The van der Waals surface area contributed by atoms with Gasteiger partial charge in [0.1, 0.15) is 11.5 Å². The Morgan fingerprint density at radius 2 is 1.55 bits per heavy atom. The maximum absolute atomic E-state index is 11.7. The number of rotatable bonds is 5. The van der Waals surface area contributed by atoms with E-state index in [0.717, 1.165) is 11.3 Å². The molecule has 2 N–H and O–H groups in total. The minimum atomic E-state index is -0.0520. The van der Waals surface area contributed by atoms with Gasteiger partial charge in [0.25, 0.3) is 0 Å². The zero-order chi connectivity index (χ0) is 14.5. The molecule has 3 nitrogen and oxygen atoms in total. The van der Waals surface area contributed by atoms with E-state index in [1.54, 1.807) is 31.2 Å². The summed E-state index contributed by atoms with van der Waals surface area (Å²) in [5.74, 6) is 1.37. The molecule has 0 aliphatic carbocycles. The first kappa shape index (κ1) is 14.0. The normalized spacial score (nSPS) is 10.1. The van der Waals surface area contributed by atoms with E-state index in [9.17, 15) is 4.79 Å². The maximum atomic E-state index is 11.7. The average Bonchev–Trinajstić information content (AvgIpc) is 2.48. The van der Waals surface area contributed by atoms with Crippen molar-refractivity contribution in [2.75, 3.05) is 0 Å². The zero-order valence-electron chi connectivity index (χ0n) is 11.4. The fourth-order valence-corrected chi connectivity index (χ4v) is 1.75. The number of nitrogens with two attached hydrogens (primary N) is 1. The summed E-state index contributed by atoms with van der Waals surface area (Å²) in [6.07, 6.45) is 0. The molecule has 0 aromatic heterocycles. The lowest BCUT2D eigenvalue weighted by atomic mass is 10.1. The van der Waals surface area contributed by atoms with Crippen LogP contribution in [0.5, 0.6) is 11.5 Å². The van der Waals surface area contributed by atoms with Gasteiger partial charge in [-0.3, -0.25) is 4.79 Å². The Bertz CT molecular complexity index is 612. The quantitative estimate of drug-likeness (QED) is 0.664. The fourth-order valence-electron chi connectivity index (χ4n) is 1.75. The monoisotopic (exact) mass is 267 g/mol. The molecule has 0 unspecified atom stereocenters. The number of ketones is 1. The third-order valence-corrected chi connectivity index (χ3v) is 2.90. The van der Waals surface area contributed by atoms with E-state index in [2.05, 4.69) is 6.58 Å². The summed E-state index contributed by atoms with van der Waals surface area (Å²) >= 11 is 0. The third-order valence-electron chi connectivity index (χ3n) is 2.90. The van der Waals surface area contributed by atoms with Gasteiger partial charge < -0.3 is 10.5 Å². The van der Waals surface area contributed by atoms with Crippen LogP contribution in [0.2, 0.25) is 0 Å². The number of carbonyl (C=O) groups is 1. The average molecular weight is 267 g/mol. The molecule has 0 atom stereocenters. The van der Waals surface area contributed by atoms with Crippen LogP contribution in [0.4, 0.5) is 0 Å². The predicted molar refractivity (Wildman–Crippen MR) is 80.0 cm³/mol. The number of carbonyl (C=O) groups excluding carboxylic acids is 1. The van der Waals surface area contributed by atoms with Crippen LogP contribution < -0.4 is 10.5 Å². The number of Topliss-reactive ketones (excluding diaryl/α,β-unsaturated/α-hetero) is 1. The molecule has 20 heavy (non-hydrogen) atoms. The van der Waals surface area contributed by atoms with Crippen molar-refractivity contribution in [3.05, 3.63) is 71.8 Å². The molecule has 2 aromatic rings. The first-order valence-electron chi connectivity index (χ1n) is 6.37. The van der Waals surface area contributed by atoms with Crippen molar-refractivity contribution in [2.45, 2.75) is 13.5 Å². The second kappa shape index (κ2) is 6.17. The third kappa shape index (κ3) is 3.33. The maximum Gasteiger partial charge on any atom is 0.188 e. The van der Waals surface area contributed by atoms with Crippen molar-refractivity contribution in [1.82, 2.24) is 0 Å². The van der Waals surface area contributed by atoms with Crippen LogP contribution in [-0.4, -0.2) is 5.78 Å². The molecule has 0 fully saturated rings. The van der Waals surface area contributed by atoms with E-state index in [4.69, 9.17) is 10.5 Å². The van der Waals surface area contributed by atoms with Crippen molar-refractivity contribution in [3.63, 3.8) is 0 Å². The Hall–Kier alpha value is -2.39. The Kier molecular flexibility index (Phi) is 4.33.